The van der Waals surface area contributed by atoms with Crippen molar-refractivity contribution < 1.29 is 14.7 Å². The number of aliphatic carboxylic acids is 1. The molecule has 0 bridgehead atoms. The normalized spacial score (nSPS) is 14.5. The molecule has 0 spiro atoms. The quantitative estimate of drug-likeness (QED) is 0.412. The van der Waals surface area contributed by atoms with Crippen molar-refractivity contribution in [1.82, 2.24) is 0 Å². The molecule has 10 heavy (non-hydrogen) atoms. The zero-order valence-corrected chi connectivity index (χ0v) is 5.87. The summed E-state index contributed by atoms with van der Waals surface area (Å²) in [6.45, 7) is 1.49. The van der Waals surface area contributed by atoms with Gasteiger partial charge in [0.2, 0.25) is 0 Å². The Bertz CT molecular complexity index is 155. The summed E-state index contributed by atoms with van der Waals surface area (Å²) < 4.78 is 0. The smallest absolute Gasteiger partial charge is 0.326 e. The molecule has 0 aromatic heterocycles. The third kappa shape index (κ3) is 2.45. The average Bonchev–Trinajstić information content (AvgIpc) is 1.87. The van der Waals surface area contributed by atoms with Crippen molar-refractivity contribution in [3.8, 4) is 0 Å². The summed E-state index contributed by atoms with van der Waals surface area (Å²) in [4.78, 5) is 14.5. The van der Waals surface area contributed by atoms with E-state index in [2.05, 4.69) is 9.99 Å². The summed E-state index contributed by atoms with van der Waals surface area (Å²) in [7, 11) is 1.33. The highest BCUT2D eigenvalue weighted by Gasteiger charge is 2.14. The number of carbonyl (C=O) groups is 1. The third-order valence-corrected chi connectivity index (χ3v) is 0.951. The number of nitrogens with two attached hydrogens (primary N) is 1. The monoisotopic (exact) mass is 146 g/mol. The number of carboxylic acids is 1. The Kier molecular flexibility index (Phi) is 3.42. The molecule has 1 atom stereocenters. The number of oxime groups is 1. The number of hydrogen-bond donors (Lipinski definition) is 2. The van der Waals surface area contributed by atoms with E-state index in [-0.39, 0.29) is 5.71 Å². The van der Waals surface area contributed by atoms with Gasteiger partial charge in [0.25, 0.3) is 0 Å². The summed E-state index contributed by atoms with van der Waals surface area (Å²) in [6.07, 6.45) is 0. The second-order valence-electron chi connectivity index (χ2n) is 1.73. The van der Waals surface area contributed by atoms with E-state index in [4.69, 9.17) is 10.8 Å². The maximum atomic E-state index is 10.2. The van der Waals surface area contributed by atoms with E-state index in [0.717, 1.165) is 0 Å². The zero-order chi connectivity index (χ0) is 8.15. The molecule has 0 aliphatic heterocycles. The van der Waals surface area contributed by atoms with Crippen molar-refractivity contribution >= 4 is 11.7 Å². The van der Waals surface area contributed by atoms with Gasteiger partial charge in [-0.05, 0) is 6.92 Å². The molecule has 0 heterocycles. The van der Waals surface area contributed by atoms with Gasteiger partial charge >= 0.3 is 5.97 Å². The molecule has 5 nitrogen and oxygen atoms in total. The van der Waals surface area contributed by atoms with Crippen molar-refractivity contribution in [2.45, 2.75) is 13.0 Å². The Balaban J connectivity index is 4.06. The second-order valence-corrected chi connectivity index (χ2v) is 1.73. The van der Waals surface area contributed by atoms with Gasteiger partial charge < -0.3 is 15.7 Å². The van der Waals surface area contributed by atoms with Crippen molar-refractivity contribution in [2.75, 3.05) is 7.11 Å². The summed E-state index contributed by atoms with van der Waals surface area (Å²) in [5.74, 6) is -1.11. The topological polar surface area (TPSA) is 84.9 Å². The number of rotatable bonds is 3. The first-order valence-electron chi connectivity index (χ1n) is 2.65. The molecule has 0 saturated heterocycles. The van der Waals surface area contributed by atoms with Crippen LogP contribution in [0.5, 0.6) is 0 Å². The molecule has 0 radical (unpaired) electrons. The Morgan fingerprint density at radius 1 is 1.80 bits per heavy atom. The highest BCUT2D eigenvalue weighted by Crippen LogP contribution is 1.85. The summed E-state index contributed by atoms with van der Waals surface area (Å²) in [5, 5.41) is 11.7. The maximum Gasteiger partial charge on any atom is 0.326 e. The van der Waals surface area contributed by atoms with Crippen LogP contribution in [0.15, 0.2) is 5.16 Å². The minimum absolute atomic E-state index is 0.245. The van der Waals surface area contributed by atoms with Crippen molar-refractivity contribution in [2.24, 2.45) is 10.9 Å². The molecule has 0 aliphatic rings. The van der Waals surface area contributed by atoms with Crippen molar-refractivity contribution in [1.29, 1.82) is 0 Å². The lowest BCUT2D eigenvalue weighted by Crippen LogP contribution is -2.37. The van der Waals surface area contributed by atoms with Gasteiger partial charge in [-0.1, -0.05) is 5.16 Å². The van der Waals surface area contributed by atoms with Gasteiger partial charge in [-0.2, -0.15) is 0 Å². The van der Waals surface area contributed by atoms with E-state index < -0.39 is 12.0 Å². The lowest BCUT2D eigenvalue weighted by molar-refractivity contribution is -0.136. The van der Waals surface area contributed by atoms with Gasteiger partial charge in [-0.25, -0.2) is 0 Å². The van der Waals surface area contributed by atoms with E-state index in [1.165, 1.54) is 14.0 Å². The molecule has 0 saturated carbocycles. The molecule has 0 amide bonds. The second kappa shape index (κ2) is 3.84. The Morgan fingerprint density at radius 3 is 2.60 bits per heavy atom. The number of carboxylic acid groups (broad SMARTS) is 1. The lowest BCUT2D eigenvalue weighted by Gasteiger charge is -2.02. The predicted molar refractivity (Wildman–Crippen MR) is 35.7 cm³/mol. The number of hydrogen-bond acceptors (Lipinski definition) is 4. The van der Waals surface area contributed by atoms with Crippen LogP contribution < -0.4 is 5.73 Å². The van der Waals surface area contributed by atoms with Crippen LogP contribution in [0.3, 0.4) is 0 Å². The van der Waals surface area contributed by atoms with Gasteiger partial charge in [0.1, 0.15) is 13.2 Å². The SMILES string of the molecule is CON=C(C)C(N)C(=O)O. The fourth-order valence-corrected chi connectivity index (χ4v) is 0.379. The van der Waals surface area contributed by atoms with Crippen LogP contribution in [-0.2, 0) is 9.63 Å². The molecule has 0 aromatic rings. The van der Waals surface area contributed by atoms with E-state index in [1.54, 1.807) is 0 Å². The van der Waals surface area contributed by atoms with Crippen molar-refractivity contribution in [3.63, 3.8) is 0 Å². The van der Waals surface area contributed by atoms with E-state index in [9.17, 15) is 4.79 Å². The molecule has 0 aromatic carbocycles. The minimum atomic E-state index is -1.11. The van der Waals surface area contributed by atoms with Gasteiger partial charge in [0, 0.05) is 0 Å². The molecule has 5 heteroatoms. The minimum Gasteiger partial charge on any atom is -0.480 e. The van der Waals surface area contributed by atoms with Gasteiger partial charge in [0.15, 0.2) is 0 Å². The summed E-state index contributed by atoms with van der Waals surface area (Å²) in [5.41, 5.74) is 5.38. The largest absolute Gasteiger partial charge is 0.480 e. The van der Waals surface area contributed by atoms with Crippen LogP contribution in [0.1, 0.15) is 6.92 Å². The first kappa shape index (κ1) is 8.90. The van der Waals surface area contributed by atoms with Gasteiger partial charge in [0.05, 0.1) is 5.71 Å². The molecular weight excluding hydrogens is 136 g/mol. The first-order chi connectivity index (χ1) is 4.59. The molecule has 0 fully saturated rings. The fourth-order valence-electron chi connectivity index (χ4n) is 0.379. The molecule has 3 N–H and O–H groups in total. The van der Waals surface area contributed by atoms with E-state index in [1.807, 2.05) is 0 Å². The lowest BCUT2D eigenvalue weighted by atomic mass is 10.2. The van der Waals surface area contributed by atoms with Gasteiger partial charge in [-0.15, -0.1) is 0 Å². The maximum absolute atomic E-state index is 10.2. The fraction of sp³-hybridized carbons (Fsp3) is 0.600. The Labute approximate surface area is 58.5 Å². The summed E-state index contributed by atoms with van der Waals surface area (Å²) >= 11 is 0. The zero-order valence-electron chi connectivity index (χ0n) is 5.87. The van der Waals surface area contributed by atoms with Gasteiger partial charge in [-0.3, -0.25) is 4.79 Å². The van der Waals surface area contributed by atoms with Crippen LogP contribution in [0.2, 0.25) is 0 Å². The Hall–Kier alpha value is -1.10. The van der Waals surface area contributed by atoms with Crippen molar-refractivity contribution in [3.05, 3.63) is 0 Å². The van der Waals surface area contributed by atoms with Crippen LogP contribution in [-0.4, -0.2) is 29.9 Å². The molecular formula is C5H10N2O3. The Morgan fingerprint density at radius 2 is 2.30 bits per heavy atom. The molecule has 0 rings (SSSR count). The van der Waals surface area contributed by atoms with Crippen LogP contribution in [0.25, 0.3) is 0 Å². The van der Waals surface area contributed by atoms with E-state index in [0.29, 0.717) is 0 Å². The summed E-state index contributed by atoms with van der Waals surface area (Å²) in [6, 6.07) is -1.07. The van der Waals surface area contributed by atoms with E-state index >= 15 is 0 Å². The number of nitrogens with zero attached hydrogens (tertiary/aromatic N) is 1. The van der Waals surface area contributed by atoms with Crippen LogP contribution >= 0.6 is 0 Å². The molecule has 58 valence electrons. The predicted octanol–water partition coefficient (Wildman–Crippen LogP) is -0.579. The molecule has 0 aliphatic carbocycles. The highest BCUT2D eigenvalue weighted by molar-refractivity contribution is 6.03. The standard InChI is InChI=1S/C5H10N2O3/c1-3(7-10-2)4(6)5(8)9/h4H,6H2,1-2H3,(H,8,9). The van der Waals surface area contributed by atoms with Crippen LogP contribution in [0, 0.1) is 0 Å². The average molecular weight is 146 g/mol. The third-order valence-electron chi connectivity index (χ3n) is 0.951. The molecule has 1 unspecified atom stereocenters. The highest BCUT2D eigenvalue weighted by atomic mass is 16.6. The first-order valence-corrected chi connectivity index (χ1v) is 2.65. The van der Waals surface area contributed by atoms with Crippen LogP contribution in [0.4, 0.5) is 0 Å².